The fourth-order valence-electron chi connectivity index (χ4n) is 7.78. The molecule has 5 aliphatic rings. The van der Waals surface area contributed by atoms with Gasteiger partial charge < -0.3 is 10.2 Å². The first-order valence-corrected chi connectivity index (χ1v) is 11.5. The zero-order valence-electron chi connectivity index (χ0n) is 17.1. The maximum absolute atomic E-state index is 12.6. The number of hydrogen-bond acceptors (Lipinski definition) is 4. The predicted molar refractivity (Wildman–Crippen MR) is 107 cm³/mol. The molecule has 0 aromatic rings. The quantitative estimate of drug-likeness (QED) is 0.734. The van der Waals surface area contributed by atoms with E-state index in [2.05, 4.69) is 24.3 Å². The highest BCUT2D eigenvalue weighted by Gasteiger charge is 2.60. The van der Waals surface area contributed by atoms with Gasteiger partial charge in [-0.3, -0.25) is 4.79 Å². The molecule has 150 valence electrons. The minimum Gasteiger partial charge on any atom is -0.391 e. The minimum atomic E-state index is 0.00874. The molecular weight excluding hydrogens is 336 g/mol. The number of oxime groups is 1. The second-order valence-electron chi connectivity index (χ2n) is 10.7. The number of ketones is 1. The van der Waals surface area contributed by atoms with E-state index in [0.717, 1.165) is 69.4 Å². The molecule has 0 aromatic carbocycles. The van der Waals surface area contributed by atoms with Gasteiger partial charge in [0.15, 0.2) is 0 Å². The highest BCUT2D eigenvalue weighted by Crippen LogP contribution is 2.65. The lowest BCUT2D eigenvalue weighted by Crippen LogP contribution is -2.53. The average molecular weight is 373 g/mol. The summed E-state index contributed by atoms with van der Waals surface area (Å²) in [7, 11) is 0. The van der Waals surface area contributed by atoms with E-state index in [4.69, 9.17) is 4.84 Å². The van der Waals surface area contributed by atoms with Crippen LogP contribution >= 0.6 is 0 Å². The maximum Gasteiger partial charge on any atom is 0.141 e. The monoisotopic (exact) mass is 372 g/mol. The Morgan fingerprint density at radius 1 is 1.04 bits per heavy atom. The molecule has 4 heteroatoms. The molecule has 0 amide bonds. The predicted octanol–water partition coefficient (Wildman–Crippen LogP) is 4.33. The molecule has 4 nitrogen and oxygen atoms in total. The van der Waals surface area contributed by atoms with E-state index in [-0.39, 0.29) is 11.5 Å². The van der Waals surface area contributed by atoms with Crippen LogP contribution in [0.4, 0.5) is 0 Å². The second-order valence-corrected chi connectivity index (χ2v) is 10.7. The molecule has 0 aromatic heterocycles. The molecule has 0 radical (unpaired) electrons. The van der Waals surface area contributed by atoms with Crippen molar-refractivity contribution in [3.05, 3.63) is 0 Å². The molecule has 4 aliphatic carbocycles. The summed E-state index contributed by atoms with van der Waals surface area (Å²) in [5.41, 5.74) is 1.76. The van der Waals surface area contributed by atoms with E-state index < -0.39 is 0 Å². The van der Waals surface area contributed by atoms with Gasteiger partial charge in [0, 0.05) is 24.8 Å². The number of carbonyl (C=O) groups is 1. The summed E-state index contributed by atoms with van der Waals surface area (Å²) in [6.07, 6.45) is 11.9. The van der Waals surface area contributed by atoms with Gasteiger partial charge in [0.1, 0.15) is 11.9 Å². The Labute approximate surface area is 163 Å². The van der Waals surface area contributed by atoms with Gasteiger partial charge in [-0.15, -0.1) is 0 Å². The summed E-state index contributed by atoms with van der Waals surface area (Å²) in [6.45, 7) is 6.87. The summed E-state index contributed by atoms with van der Waals surface area (Å²) in [5.74, 6) is 3.60. The van der Waals surface area contributed by atoms with E-state index in [1.807, 2.05) is 0 Å². The molecule has 1 N–H and O–H groups in total. The number of Topliss-reactive ketones (excluding diaryl/α,β-unsaturated/α-hetero) is 1. The van der Waals surface area contributed by atoms with Crippen LogP contribution in [0, 0.1) is 34.5 Å². The Morgan fingerprint density at radius 3 is 2.74 bits per heavy atom. The molecule has 5 rings (SSSR count). The van der Waals surface area contributed by atoms with Gasteiger partial charge in [-0.25, -0.2) is 0 Å². The van der Waals surface area contributed by atoms with E-state index in [1.54, 1.807) is 0 Å². The van der Waals surface area contributed by atoms with Crippen LogP contribution in [-0.4, -0.2) is 30.7 Å². The molecule has 1 aliphatic heterocycles. The number of nitrogens with one attached hydrogen (secondary N) is 1. The van der Waals surface area contributed by atoms with E-state index in [9.17, 15) is 4.79 Å². The number of carbonyl (C=O) groups excluding carboxylic acids is 1. The largest absolute Gasteiger partial charge is 0.391 e. The van der Waals surface area contributed by atoms with Crippen LogP contribution < -0.4 is 5.32 Å². The van der Waals surface area contributed by atoms with Crippen LogP contribution in [0.5, 0.6) is 0 Å². The van der Waals surface area contributed by atoms with Gasteiger partial charge in [-0.1, -0.05) is 19.0 Å². The molecule has 27 heavy (non-hydrogen) atoms. The van der Waals surface area contributed by atoms with Crippen LogP contribution in [-0.2, 0) is 9.63 Å². The smallest absolute Gasteiger partial charge is 0.141 e. The highest BCUT2D eigenvalue weighted by atomic mass is 16.6. The third-order valence-corrected chi connectivity index (χ3v) is 9.55. The van der Waals surface area contributed by atoms with Gasteiger partial charge in [0.05, 0.1) is 5.71 Å². The molecule has 1 saturated heterocycles. The van der Waals surface area contributed by atoms with Crippen LogP contribution in [0.1, 0.15) is 78.1 Å². The molecule has 0 spiro atoms. The Morgan fingerprint density at radius 2 is 1.93 bits per heavy atom. The first-order valence-electron chi connectivity index (χ1n) is 11.5. The number of nitrogens with zero attached hydrogens (tertiary/aromatic N) is 1. The fourth-order valence-corrected chi connectivity index (χ4v) is 7.78. The van der Waals surface area contributed by atoms with E-state index in [0.29, 0.717) is 17.1 Å². The number of hydrogen-bond donors (Lipinski definition) is 1. The van der Waals surface area contributed by atoms with Crippen molar-refractivity contribution in [2.75, 3.05) is 13.1 Å². The van der Waals surface area contributed by atoms with Gasteiger partial charge in [-0.05, 0) is 87.0 Å². The molecule has 0 bridgehead atoms. The van der Waals surface area contributed by atoms with Crippen LogP contribution in [0.25, 0.3) is 0 Å². The van der Waals surface area contributed by atoms with Crippen molar-refractivity contribution in [1.29, 1.82) is 0 Å². The second kappa shape index (κ2) is 6.57. The molecular formula is C23H36N2O2. The Hall–Kier alpha value is -0.900. The van der Waals surface area contributed by atoms with Crippen molar-refractivity contribution in [2.45, 2.75) is 84.2 Å². The summed E-state index contributed by atoms with van der Waals surface area (Å²) < 4.78 is 0. The summed E-state index contributed by atoms with van der Waals surface area (Å²) in [4.78, 5) is 18.4. The zero-order valence-corrected chi connectivity index (χ0v) is 17.1. The SMILES string of the molecule is C[C@]12CCC(=NOC3CCNC3)CC1CCC1C2CC[C@]2(C)C(=O)CCC12. The van der Waals surface area contributed by atoms with Crippen molar-refractivity contribution < 1.29 is 9.63 Å². The molecule has 7 atom stereocenters. The standard InChI is InChI=1S/C23H36N2O2/c1-22-10-7-16(25-27-17-9-12-24-14-17)13-15(22)3-4-18-19-5-6-21(26)23(19,2)11-8-20(18)22/h15,17-20,24H,3-14H2,1-2H3/t15?,17?,18?,19?,20?,22-,23-/m0/s1. The summed E-state index contributed by atoms with van der Waals surface area (Å²) in [5, 5.41) is 7.95. The van der Waals surface area contributed by atoms with Gasteiger partial charge in [-0.2, -0.15) is 0 Å². The molecule has 5 fully saturated rings. The topological polar surface area (TPSA) is 50.7 Å². The first kappa shape index (κ1) is 18.1. The lowest BCUT2D eigenvalue weighted by Gasteiger charge is -2.59. The van der Waals surface area contributed by atoms with Crippen molar-refractivity contribution in [3.63, 3.8) is 0 Å². The third-order valence-electron chi connectivity index (χ3n) is 9.55. The zero-order chi connectivity index (χ0) is 18.6. The first-order chi connectivity index (χ1) is 13.0. The average Bonchev–Trinajstić information content (AvgIpc) is 3.28. The molecule has 4 saturated carbocycles. The Bertz CT molecular complexity index is 640. The molecule has 5 unspecified atom stereocenters. The van der Waals surface area contributed by atoms with E-state index in [1.165, 1.54) is 31.4 Å². The van der Waals surface area contributed by atoms with Crippen molar-refractivity contribution in [3.8, 4) is 0 Å². The fraction of sp³-hybridized carbons (Fsp3) is 0.913. The lowest BCUT2D eigenvalue weighted by molar-refractivity contribution is -0.137. The lowest BCUT2D eigenvalue weighted by atomic mass is 9.45. The van der Waals surface area contributed by atoms with E-state index >= 15 is 0 Å². The normalized spacial score (nSPS) is 51.0. The Kier molecular flexibility index (Phi) is 4.42. The van der Waals surface area contributed by atoms with Gasteiger partial charge in [0.25, 0.3) is 0 Å². The Balaban J connectivity index is 1.30. The van der Waals surface area contributed by atoms with Crippen molar-refractivity contribution >= 4 is 11.5 Å². The molecule has 1 heterocycles. The number of fused-ring (bicyclic) bond motifs is 5. The van der Waals surface area contributed by atoms with Crippen molar-refractivity contribution in [2.24, 2.45) is 39.7 Å². The highest BCUT2D eigenvalue weighted by molar-refractivity contribution is 5.87. The number of rotatable bonds is 2. The van der Waals surface area contributed by atoms with Crippen LogP contribution in [0.15, 0.2) is 5.16 Å². The maximum atomic E-state index is 12.6. The third kappa shape index (κ3) is 2.81. The summed E-state index contributed by atoms with van der Waals surface area (Å²) in [6, 6.07) is 0. The minimum absolute atomic E-state index is 0.00874. The summed E-state index contributed by atoms with van der Waals surface area (Å²) >= 11 is 0. The van der Waals surface area contributed by atoms with Gasteiger partial charge in [0.2, 0.25) is 0 Å². The van der Waals surface area contributed by atoms with Crippen molar-refractivity contribution in [1.82, 2.24) is 5.32 Å². The van der Waals surface area contributed by atoms with Crippen LogP contribution in [0.2, 0.25) is 0 Å². The van der Waals surface area contributed by atoms with Crippen LogP contribution in [0.3, 0.4) is 0 Å². The van der Waals surface area contributed by atoms with Gasteiger partial charge >= 0.3 is 0 Å².